The Hall–Kier alpha value is -2.69. The lowest BCUT2D eigenvalue weighted by molar-refractivity contribution is -0.384. The highest BCUT2D eigenvalue weighted by atomic mass is 16.6. The maximum absolute atomic E-state index is 10.7. The van der Waals surface area contributed by atoms with E-state index >= 15 is 0 Å². The Morgan fingerprint density at radius 3 is 2.36 bits per heavy atom. The highest BCUT2D eigenvalue weighted by Crippen LogP contribution is 2.29. The molecule has 5 nitrogen and oxygen atoms in total. The number of hydrogen-bond donors (Lipinski definition) is 0. The van der Waals surface area contributed by atoms with Crippen molar-refractivity contribution in [2.24, 2.45) is 0 Å². The third kappa shape index (κ3) is 2.57. The van der Waals surface area contributed by atoms with Crippen LogP contribution in [-0.2, 0) is 5.41 Å². The molecule has 5 heteroatoms. The Kier molecular flexibility index (Phi) is 3.20. The van der Waals surface area contributed by atoms with Gasteiger partial charge in [0, 0.05) is 17.7 Å². The summed E-state index contributed by atoms with van der Waals surface area (Å²) >= 11 is 0. The van der Waals surface area contributed by atoms with Crippen molar-refractivity contribution in [3.8, 4) is 11.5 Å². The quantitative estimate of drug-likeness (QED) is 0.507. The average molecular weight is 296 g/mol. The molecule has 0 radical (unpaired) electrons. The molecule has 0 fully saturated rings. The van der Waals surface area contributed by atoms with Crippen LogP contribution in [0.25, 0.3) is 22.6 Å². The van der Waals surface area contributed by atoms with E-state index in [-0.39, 0.29) is 11.1 Å². The molecule has 0 amide bonds. The first-order chi connectivity index (χ1) is 10.3. The van der Waals surface area contributed by atoms with Gasteiger partial charge in [-0.25, -0.2) is 4.98 Å². The van der Waals surface area contributed by atoms with E-state index in [2.05, 4.69) is 25.8 Å². The number of nitro benzene ring substituents is 1. The van der Waals surface area contributed by atoms with Crippen molar-refractivity contribution in [3.05, 3.63) is 58.1 Å². The zero-order valence-electron chi connectivity index (χ0n) is 12.7. The largest absolute Gasteiger partial charge is 0.436 e. The molecule has 3 rings (SSSR count). The fourth-order valence-electron chi connectivity index (χ4n) is 2.24. The van der Waals surface area contributed by atoms with Gasteiger partial charge in [-0.15, -0.1) is 0 Å². The lowest BCUT2D eigenvalue weighted by Crippen LogP contribution is -2.10. The van der Waals surface area contributed by atoms with Crippen LogP contribution in [0.1, 0.15) is 26.3 Å². The van der Waals surface area contributed by atoms with Crippen LogP contribution in [0.3, 0.4) is 0 Å². The van der Waals surface area contributed by atoms with Crippen molar-refractivity contribution in [2.75, 3.05) is 0 Å². The molecular weight excluding hydrogens is 280 g/mol. The van der Waals surface area contributed by atoms with E-state index in [0.29, 0.717) is 11.5 Å². The molecule has 1 heterocycles. The predicted octanol–water partition coefficient (Wildman–Crippen LogP) is 4.70. The first kappa shape index (κ1) is 14.3. The van der Waals surface area contributed by atoms with E-state index in [1.54, 1.807) is 12.1 Å². The molecule has 0 aliphatic heterocycles. The molecule has 0 unspecified atom stereocenters. The van der Waals surface area contributed by atoms with Gasteiger partial charge >= 0.3 is 0 Å². The second-order valence-corrected chi connectivity index (χ2v) is 6.26. The van der Waals surface area contributed by atoms with Gasteiger partial charge in [-0.1, -0.05) is 26.8 Å². The van der Waals surface area contributed by atoms with Gasteiger partial charge in [0.1, 0.15) is 5.52 Å². The van der Waals surface area contributed by atoms with Crippen LogP contribution in [0.15, 0.2) is 46.9 Å². The Morgan fingerprint density at radius 2 is 1.77 bits per heavy atom. The van der Waals surface area contributed by atoms with Gasteiger partial charge in [-0.2, -0.15) is 0 Å². The van der Waals surface area contributed by atoms with E-state index in [1.165, 1.54) is 17.7 Å². The maximum atomic E-state index is 10.7. The van der Waals surface area contributed by atoms with E-state index in [4.69, 9.17) is 4.42 Å². The highest BCUT2D eigenvalue weighted by molar-refractivity contribution is 5.77. The third-order valence-electron chi connectivity index (χ3n) is 3.58. The number of nitro groups is 1. The minimum absolute atomic E-state index is 0.0423. The Morgan fingerprint density at radius 1 is 1.09 bits per heavy atom. The second-order valence-electron chi connectivity index (χ2n) is 6.26. The summed E-state index contributed by atoms with van der Waals surface area (Å²) < 4.78 is 5.74. The number of nitrogens with zero attached hydrogens (tertiary/aromatic N) is 2. The minimum atomic E-state index is -0.425. The third-order valence-corrected chi connectivity index (χ3v) is 3.58. The Balaban J connectivity index is 2.03. The molecule has 0 bridgehead atoms. The van der Waals surface area contributed by atoms with Crippen LogP contribution in [0.2, 0.25) is 0 Å². The highest BCUT2D eigenvalue weighted by Gasteiger charge is 2.16. The molecule has 1 aromatic heterocycles. The molecule has 0 saturated heterocycles. The molecule has 112 valence electrons. The number of hydrogen-bond acceptors (Lipinski definition) is 4. The van der Waals surface area contributed by atoms with E-state index in [0.717, 1.165) is 11.1 Å². The first-order valence-corrected chi connectivity index (χ1v) is 7.00. The zero-order chi connectivity index (χ0) is 15.9. The minimum Gasteiger partial charge on any atom is -0.436 e. The van der Waals surface area contributed by atoms with E-state index < -0.39 is 4.92 Å². The fraction of sp³-hybridized carbons (Fsp3) is 0.235. The SMILES string of the molecule is CC(C)(C)c1ccc2oc(-c3ccc([N+](=O)[O-])cc3)nc2c1. The summed E-state index contributed by atoms with van der Waals surface area (Å²) in [6, 6.07) is 12.2. The van der Waals surface area contributed by atoms with Gasteiger partial charge < -0.3 is 4.42 Å². The van der Waals surface area contributed by atoms with Crippen LogP contribution < -0.4 is 0 Å². The summed E-state index contributed by atoms with van der Waals surface area (Å²) in [6.45, 7) is 6.43. The number of non-ortho nitro benzene ring substituents is 1. The van der Waals surface area contributed by atoms with Crippen LogP contribution in [0.4, 0.5) is 5.69 Å². The summed E-state index contributed by atoms with van der Waals surface area (Å²) in [5, 5.41) is 10.7. The van der Waals surface area contributed by atoms with Crippen molar-refractivity contribution in [1.29, 1.82) is 0 Å². The first-order valence-electron chi connectivity index (χ1n) is 7.00. The summed E-state index contributed by atoms with van der Waals surface area (Å²) in [6.07, 6.45) is 0. The van der Waals surface area contributed by atoms with Gasteiger partial charge in [0.2, 0.25) is 5.89 Å². The Labute approximate surface area is 127 Å². The molecule has 3 aromatic rings. The molecule has 0 aliphatic rings. The smallest absolute Gasteiger partial charge is 0.269 e. The van der Waals surface area contributed by atoms with Crippen molar-refractivity contribution in [2.45, 2.75) is 26.2 Å². The molecule has 0 spiro atoms. The van der Waals surface area contributed by atoms with Gasteiger partial charge in [-0.3, -0.25) is 10.1 Å². The predicted molar refractivity (Wildman–Crippen MR) is 84.8 cm³/mol. The van der Waals surface area contributed by atoms with Crippen molar-refractivity contribution in [3.63, 3.8) is 0 Å². The van der Waals surface area contributed by atoms with Crippen LogP contribution in [-0.4, -0.2) is 9.91 Å². The maximum Gasteiger partial charge on any atom is 0.269 e. The molecular formula is C17H16N2O3. The van der Waals surface area contributed by atoms with Gasteiger partial charge in [-0.05, 0) is 35.2 Å². The number of aromatic nitrogens is 1. The monoisotopic (exact) mass is 296 g/mol. The van der Waals surface area contributed by atoms with Gasteiger partial charge in [0.25, 0.3) is 5.69 Å². The van der Waals surface area contributed by atoms with E-state index in [9.17, 15) is 10.1 Å². The molecule has 0 N–H and O–H groups in total. The van der Waals surface area contributed by atoms with Crippen LogP contribution >= 0.6 is 0 Å². The zero-order valence-corrected chi connectivity index (χ0v) is 12.7. The summed E-state index contributed by atoms with van der Waals surface area (Å²) in [4.78, 5) is 14.8. The number of fused-ring (bicyclic) bond motifs is 1. The molecule has 2 aromatic carbocycles. The second kappa shape index (κ2) is 4.94. The lowest BCUT2D eigenvalue weighted by Gasteiger charge is -2.18. The van der Waals surface area contributed by atoms with E-state index in [1.807, 2.05) is 18.2 Å². The molecule has 0 atom stereocenters. The molecule has 22 heavy (non-hydrogen) atoms. The summed E-state index contributed by atoms with van der Waals surface area (Å²) in [7, 11) is 0. The van der Waals surface area contributed by atoms with Gasteiger partial charge in [0.15, 0.2) is 5.58 Å². The van der Waals surface area contributed by atoms with Crippen molar-refractivity contribution >= 4 is 16.8 Å². The molecule has 0 aliphatic carbocycles. The number of oxazole rings is 1. The van der Waals surface area contributed by atoms with Gasteiger partial charge in [0.05, 0.1) is 4.92 Å². The van der Waals surface area contributed by atoms with Crippen molar-refractivity contribution < 1.29 is 9.34 Å². The van der Waals surface area contributed by atoms with Crippen molar-refractivity contribution in [1.82, 2.24) is 4.98 Å². The van der Waals surface area contributed by atoms with Crippen LogP contribution in [0.5, 0.6) is 0 Å². The molecule has 0 saturated carbocycles. The number of benzene rings is 2. The van der Waals surface area contributed by atoms with Crippen LogP contribution in [0, 0.1) is 10.1 Å². The standard InChI is InChI=1S/C17H16N2O3/c1-17(2,3)12-6-9-15-14(10-12)18-16(22-15)11-4-7-13(8-5-11)19(20)21/h4-10H,1-3H3. The summed E-state index contributed by atoms with van der Waals surface area (Å²) in [5.41, 5.74) is 3.50. The summed E-state index contributed by atoms with van der Waals surface area (Å²) in [5.74, 6) is 0.468. The number of rotatable bonds is 2. The Bertz CT molecular complexity index is 842. The fourth-order valence-corrected chi connectivity index (χ4v) is 2.24. The topological polar surface area (TPSA) is 69.2 Å². The average Bonchev–Trinajstić information content (AvgIpc) is 2.89. The lowest BCUT2D eigenvalue weighted by atomic mass is 9.87. The normalized spacial score (nSPS) is 11.8.